The molecule has 1 rings (SSSR count). The van der Waals surface area contributed by atoms with Crippen molar-refractivity contribution in [2.75, 3.05) is 20.1 Å². The van der Waals surface area contributed by atoms with Crippen LogP contribution in [0.5, 0.6) is 0 Å². The Hall–Kier alpha value is -1.35. The van der Waals surface area contributed by atoms with Gasteiger partial charge in [0, 0.05) is 20.1 Å². The highest BCUT2D eigenvalue weighted by atomic mass is 16.2. The fraction of sp³-hybridized carbons (Fsp3) is 0.462. The first-order chi connectivity index (χ1) is 7.54. The molecule has 1 aromatic rings. The van der Waals surface area contributed by atoms with Crippen molar-refractivity contribution >= 4 is 5.91 Å². The number of amides is 1. The zero-order valence-corrected chi connectivity index (χ0v) is 10.3. The topological polar surface area (TPSA) is 46.3 Å². The highest BCUT2D eigenvalue weighted by Gasteiger charge is 2.10. The summed E-state index contributed by atoms with van der Waals surface area (Å²) in [6.07, 6.45) is 0.462. The lowest BCUT2D eigenvalue weighted by molar-refractivity contribution is -0.129. The lowest BCUT2D eigenvalue weighted by Crippen LogP contribution is -2.32. The molecule has 0 fully saturated rings. The van der Waals surface area contributed by atoms with Crippen LogP contribution in [0.3, 0.4) is 0 Å². The number of nitrogens with two attached hydrogens (primary N) is 1. The Morgan fingerprint density at radius 3 is 2.69 bits per heavy atom. The van der Waals surface area contributed by atoms with E-state index >= 15 is 0 Å². The summed E-state index contributed by atoms with van der Waals surface area (Å²) in [5.41, 5.74) is 8.88. The predicted molar refractivity (Wildman–Crippen MR) is 66.3 cm³/mol. The highest BCUT2D eigenvalue weighted by molar-refractivity contribution is 5.78. The van der Waals surface area contributed by atoms with E-state index in [2.05, 4.69) is 18.2 Å². The van der Waals surface area contributed by atoms with Crippen molar-refractivity contribution in [1.82, 2.24) is 4.90 Å². The van der Waals surface area contributed by atoms with Crippen molar-refractivity contribution in [3.63, 3.8) is 0 Å². The third-order valence-corrected chi connectivity index (χ3v) is 2.74. The van der Waals surface area contributed by atoms with E-state index in [-0.39, 0.29) is 5.91 Å². The first-order valence-corrected chi connectivity index (χ1v) is 5.54. The second-order valence-corrected chi connectivity index (χ2v) is 4.21. The van der Waals surface area contributed by atoms with E-state index < -0.39 is 0 Å². The summed E-state index contributed by atoms with van der Waals surface area (Å²) >= 11 is 0. The van der Waals surface area contributed by atoms with Gasteiger partial charge in [0.25, 0.3) is 0 Å². The monoisotopic (exact) mass is 220 g/mol. The van der Waals surface area contributed by atoms with Gasteiger partial charge in [-0.2, -0.15) is 0 Å². The molecule has 0 unspecified atom stereocenters. The number of nitrogens with zero attached hydrogens (tertiary/aromatic N) is 1. The van der Waals surface area contributed by atoms with Crippen LogP contribution in [0.2, 0.25) is 0 Å². The Morgan fingerprint density at radius 2 is 2.06 bits per heavy atom. The van der Waals surface area contributed by atoms with Gasteiger partial charge in [-0.1, -0.05) is 23.8 Å². The summed E-state index contributed by atoms with van der Waals surface area (Å²) in [6.45, 7) is 5.20. The largest absolute Gasteiger partial charge is 0.344 e. The molecular formula is C13H20N2O. The number of rotatable bonds is 4. The van der Waals surface area contributed by atoms with Crippen molar-refractivity contribution in [3.8, 4) is 0 Å². The van der Waals surface area contributed by atoms with Crippen LogP contribution in [0.1, 0.15) is 16.7 Å². The van der Waals surface area contributed by atoms with E-state index in [1.54, 1.807) is 11.9 Å². The quantitative estimate of drug-likeness (QED) is 0.830. The minimum absolute atomic E-state index is 0.124. The molecule has 0 heterocycles. The molecule has 1 amide bonds. The number of carbonyl (C=O) groups excluding carboxylic acids is 1. The lowest BCUT2D eigenvalue weighted by Gasteiger charge is -2.16. The number of benzene rings is 1. The molecule has 0 saturated carbocycles. The molecule has 3 nitrogen and oxygen atoms in total. The van der Waals surface area contributed by atoms with Crippen LogP contribution in [0.15, 0.2) is 18.2 Å². The third kappa shape index (κ3) is 3.35. The van der Waals surface area contributed by atoms with Gasteiger partial charge >= 0.3 is 0 Å². The molecule has 16 heavy (non-hydrogen) atoms. The van der Waals surface area contributed by atoms with Crippen LogP contribution in [0, 0.1) is 13.8 Å². The summed E-state index contributed by atoms with van der Waals surface area (Å²) in [5.74, 6) is 0.124. The van der Waals surface area contributed by atoms with E-state index in [4.69, 9.17) is 5.73 Å². The van der Waals surface area contributed by atoms with Crippen LogP contribution in [-0.2, 0) is 11.2 Å². The Balaban J connectivity index is 2.72. The van der Waals surface area contributed by atoms with Crippen LogP contribution in [0.4, 0.5) is 0 Å². The maximum Gasteiger partial charge on any atom is 0.226 e. The molecule has 0 spiro atoms. The second-order valence-electron chi connectivity index (χ2n) is 4.21. The van der Waals surface area contributed by atoms with Crippen molar-refractivity contribution < 1.29 is 4.79 Å². The molecule has 0 aliphatic carbocycles. The van der Waals surface area contributed by atoms with Crippen LogP contribution < -0.4 is 5.73 Å². The Bertz CT molecular complexity index is 374. The molecule has 3 heteroatoms. The number of aryl methyl sites for hydroxylation is 2. The van der Waals surface area contributed by atoms with Gasteiger partial charge in [0.05, 0.1) is 6.42 Å². The van der Waals surface area contributed by atoms with Crippen molar-refractivity contribution in [3.05, 3.63) is 34.9 Å². The number of hydrogen-bond acceptors (Lipinski definition) is 2. The number of likely N-dealkylation sites (N-methyl/N-ethyl adjacent to an activating group) is 1. The molecule has 2 N–H and O–H groups in total. The zero-order chi connectivity index (χ0) is 12.1. The van der Waals surface area contributed by atoms with E-state index in [9.17, 15) is 4.79 Å². The summed E-state index contributed by atoms with van der Waals surface area (Å²) in [6, 6.07) is 6.19. The second kappa shape index (κ2) is 5.66. The van der Waals surface area contributed by atoms with Crippen molar-refractivity contribution in [2.45, 2.75) is 20.3 Å². The number of hydrogen-bond donors (Lipinski definition) is 1. The SMILES string of the molecule is Cc1ccc(C)c(CC(=O)N(C)CCN)c1. The Kier molecular flexibility index (Phi) is 4.50. The van der Waals surface area contributed by atoms with Crippen molar-refractivity contribution in [1.29, 1.82) is 0 Å². The summed E-state index contributed by atoms with van der Waals surface area (Å²) < 4.78 is 0. The summed E-state index contributed by atoms with van der Waals surface area (Å²) in [4.78, 5) is 13.5. The molecule has 0 radical (unpaired) electrons. The van der Waals surface area contributed by atoms with Gasteiger partial charge in [0.2, 0.25) is 5.91 Å². The molecular weight excluding hydrogens is 200 g/mol. The molecule has 0 aromatic heterocycles. The fourth-order valence-corrected chi connectivity index (χ4v) is 1.61. The molecule has 0 aliphatic heterocycles. The van der Waals surface area contributed by atoms with E-state index in [1.165, 1.54) is 11.1 Å². The molecule has 0 atom stereocenters. The average molecular weight is 220 g/mol. The Labute approximate surface area is 97.2 Å². The van der Waals surface area contributed by atoms with Gasteiger partial charge in [-0.3, -0.25) is 4.79 Å². The van der Waals surface area contributed by atoms with Gasteiger partial charge in [-0.25, -0.2) is 0 Å². The molecule has 0 aliphatic rings. The summed E-state index contributed by atoms with van der Waals surface area (Å²) in [7, 11) is 1.79. The van der Waals surface area contributed by atoms with Gasteiger partial charge in [0.1, 0.15) is 0 Å². The Morgan fingerprint density at radius 1 is 1.38 bits per heavy atom. The van der Waals surface area contributed by atoms with Crippen molar-refractivity contribution in [2.24, 2.45) is 5.73 Å². The minimum Gasteiger partial charge on any atom is -0.344 e. The molecule has 0 bridgehead atoms. The third-order valence-electron chi connectivity index (χ3n) is 2.74. The first-order valence-electron chi connectivity index (χ1n) is 5.54. The van der Waals surface area contributed by atoms with Gasteiger partial charge in [0.15, 0.2) is 0 Å². The zero-order valence-electron chi connectivity index (χ0n) is 10.3. The summed E-state index contributed by atoms with van der Waals surface area (Å²) in [5, 5.41) is 0. The maximum atomic E-state index is 11.8. The minimum atomic E-state index is 0.124. The highest BCUT2D eigenvalue weighted by Crippen LogP contribution is 2.12. The predicted octanol–water partition coefficient (Wildman–Crippen LogP) is 1.26. The smallest absolute Gasteiger partial charge is 0.226 e. The van der Waals surface area contributed by atoms with Crippen LogP contribution in [0.25, 0.3) is 0 Å². The first kappa shape index (κ1) is 12.7. The standard InChI is InChI=1S/C13H20N2O/c1-10-4-5-11(2)12(8-10)9-13(16)15(3)7-6-14/h4-5,8H,6-7,9,14H2,1-3H3. The molecule has 88 valence electrons. The average Bonchev–Trinajstić information content (AvgIpc) is 2.23. The lowest BCUT2D eigenvalue weighted by atomic mass is 10.0. The van der Waals surface area contributed by atoms with Gasteiger partial charge < -0.3 is 10.6 Å². The van der Waals surface area contributed by atoms with E-state index in [0.717, 1.165) is 5.56 Å². The fourth-order valence-electron chi connectivity index (χ4n) is 1.61. The maximum absolute atomic E-state index is 11.8. The van der Waals surface area contributed by atoms with Crippen LogP contribution >= 0.6 is 0 Å². The number of carbonyl (C=O) groups is 1. The molecule has 1 aromatic carbocycles. The molecule has 0 saturated heterocycles. The van der Waals surface area contributed by atoms with E-state index in [0.29, 0.717) is 19.5 Å². The van der Waals surface area contributed by atoms with Crippen LogP contribution in [-0.4, -0.2) is 30.9 Å². The van der Waals surface area contributed by atoms with Gasteiger partial charge in [-0.05, 0) is 25.0 Å². The van der Waals surface area contributed by atoms with Gasteiger partial charge in [-0.15, -0.1) is 0 Å². The normalized spacial score (nSPS) is 10.2. The van der Waals surface area contributed by atoms with E-state index in [1.807, 2.05) is 13.8 Å².